The van der Waals surface area contributed by atoms with Gasteiger partial charge >= 0.3 is 0 Å². The molecule has 0 saturated carbocycles. The van der Waals surface area contributed by atoms with Crippen LogP contribution in [0.4, 0.5) is 4.39 Å². The fourth-order valence-corrected chi connectivity index (χ4v) is 0. The molecule has 2 heteroatoms. The molecule has 0 atom stereocenters. The first-order valence-corrected chi connectivity index (χ1v) is 2.11. The molecular weight excluding hydrogens is 135 g/mol. The Labute approximate surface area is 38.8 Å². The van der Waals surface area contributed by atoms with Gasteiger partial charge in [0.15, 0.2) is 0 Å². The molecule has 0 saturated heterocycles. The Bertz CT molecular complexity index is 44.9. The normalized spacial score (nSPS) is 12.2. The van der Waals surface area contributed by atoms with Crippen LogP contribution in [0.3, 0.4) is 0 Å². The van der Waals surface area contributed by atoms with Crippen molar-refractivity contribution in [3.05, 3.63) is 10.8 Å². The highest BCUT2D eigenvalue weighted by Crippen LogP contribution is 1.94. The van der Waals surface area contributed by atoms with Crippen molar-refractivity contribution >= 4 is 15.9 Å². The summed E-state index contributed by atoms with van der Waals surface area (Å²) < 4.78 is 11.2. The molecule has 0 aromatic rings. The topological polar surface area (TPSA) is 0 Å². The molecule has 0 radical (unpaired) electrons. The van der Waals surface area contributed by atoms with Gasteiger partial charge in [-0.1, -0.05) is 15.9 Å². The van der Waals surface area contributed by atoms with Gasteiger partial charge in [0.05, 0.1) is 0 Å². The standard InChI is InChI=1S/C3H4BrF/c1-3(5)2-4/h2H,1H3/b3-2+. The molecule has 0 spiro atoms. The lowest BCUT2D eigenvalue weighted by Gasteiger charge is -1.66. The monoisotopic (exact) mass is 138 g/mol. The summed E-state index contributed by atoms with van der Waals surface area (Å²) in [5.74, 6) is -0.204. The van der Waals surface area contributed by atoms with Crippen molar-refractivity contribution < 1.29 is 4.39 Å². The van der Waals surface area contributed by atoms with E-state index in [9.17, 15) is 4.39 Å². The van der Waals surface area contributed by atoms with E-state index in [1.165, 1.54) is 11.9 Å². The zero-order chi connectivity index (χ0) is 4.28. The van der Waals surface area contributed by atoms with Crippen LogP contribution in [0, 0.1) is 0 Å². The molecule has 0 aromatic heterocycles. The van der Waals surface area contributed by atoms with Crippen LogP contribution in [0.15, 0.2) is 10.8 Å². The molecule has 0 amide bonds. The van der Waals surface area contributed by atoms with Crippen molar-refractivity contribution in [3.8, 4) is 0 Å². The van der Waals surface area contributed by atoms with E-state index in [2.05, 4.69) is 15.9 Å². The molecule has 5 heavy (non-hydrogen) atoms. The molecule has 0 aromatic carbocycles. The largest absolute Gasteiger partial charge is 0.212 e. The third kappa shape index (κ3) is 4.15. The molecule has 0 heterocycles. The smallest absolute Gasteiger partial charge is 0.104 e. The molecule has 30 valence electrons. The predicted octanol–water partition coefficient (Wildman–Crippen LogP) is 2.21. The second-order valence-corrected chi connectivity index (χ2v) is 1.15. The van der Waals surface area contributed by atoms with Gasteiger partial charge in [-0.2, -0.15) is 0 Å². The van der Waals surface area contributed by atoms with Crippen molar-refractivity contribution in [2.24, 2.45) is 0 Å². The minimum Gasteiger partial charge on any atom is -0.212 e. The SMILES string of the molecule is C/C(F)=C\Br. The zero-order valence-corrected chi connectivity index (χ0v) is 4.42. The molecule has 0 rings (SSSR count). The molecule has 0 bridgehead atoms. The fraction of sp³-hybridized carbons (Fsp3) is 0.333. The molecule has 0 unspecified atom stereocenters. The van der Waals surface area contributed by atoms with Crippen molar-refractivity contribution in [2.75, 3.05) is 0 Å². The van der Waals surface area contributed by atoms with Crippen LogP contribution in [0.2, 0.25) is 0 Å². The highest BCUT2D eigenvalue weighted by molar-refractivity contribution is 9.11. The first-order chi connectivity index (χ1) is 2.27. The lowest BCUT2D eigenvalue weighted by atomic mass is 10.7. The van der Waals surface area contributed by atoms with E-state index in [0.29, 0.717) is 0 Å². The Hall–Kier alpha value is 0.150. The summed E-state index contributed by atoms with van der Waals surface area (Å²) in [6, 6.07) is 0. The highest BCUT2D eigenvalue weighted by Gasteiger charge is 1.68. The van der Waals surface area contributed by atoms with Crippen LogP contribution in [-0.2, 0) is 0 Å². The molecule has 0 aliphatic carbocycles. The Morgan fingerprint density at radius 3 is 2.20 bits per heavy atom. The average molecular weight is 139 g/mol. The van der Waals surface area contributed by atoms with Gasteiger partial charge in [-0.05, 0) is 6.92 Å². The lowest BCUT2D eigenvalue weighted by molar-refractivity contribution is 0.644. The Balaban J connectivity index is 3.14. The number of allylic oxidation sites excluding steroid dienone is 1. The van der Waals surface area contributed by atoms with E-state index >= 15 is 0 Å². The first-order valence-electron chi connectivity index (χ1n) is 1.20. The van der Waals surface area contributed by atoms with Gasteiger partial charge < -0.3 is 0 Å². The van der Waals surface area contributed by atoms with E-state index in [-0.39, 0.29) is 5.83 Å². The maximum Gasteiger partial charge on any atom is 0.104 e. The van der Waals surface area contributed by atoms with Gasteiger partial charge in [0.25, 0.3) is 0 Å². The lowest BCUT2D eigenvalue weighted by Crippen LogP contribution is -1.44. The highest BCUT2D eigenvalue weighted by atomic mass is 79.9. The second-order valence-electron chi connectivity index (χ2n) is 0.696. The fourth-order valence-electron chi connectivity index (χ4n) is 0. The van der Waals surface area contributed by atoms with Gasteiger partial charge in [0, 0.05) is 4.99 Å². The number of hydrogen-bond acceptors (Lipinski definition) is 0. The summed E-state index contributed by atoms with van der Waals surface area (Å²) in [5.41, 5.74) is 0. The van der Waals surface area contributed by atoms with Crippen molar-refractivity contribution in [2.45, 2.75) is 6.92 Å². The predicted molar refractivity (Wildman–Crippen MR) is 23.8 cm³/mol. The van der Waals surface area contributed by atoms with Gasteiger partial charge in [-0.25, -0.2) is 4.39 Å². The van der Waals surface area contributed by atoms with Crippen LogP contribution in [-0.4, -0.2) is 0 Å². The molecule has 0 fully saturated rings. The Morgan fingerprint density at radius 1 is 2.00 bits per heavy atom. The third-order valence-electron chi connectivity index (χ3n) is 0.150. The van der Waals surface area contributed by atoms with Gasteiger partial charge in [0.2, 0.25) is 0 Å². The summed E-state index contributed by atoms with van der Waals surface area (Å²) in [6.07, 6.45) is 0. The van der Waals surface area contributed by atoms with Crippen LogP contribution >= 0.6 is 15.9 Å². The maximum absolute atomic E-state index is 11.2. The summed E-state index contributed by atoms with van der Waals surface area (Å²) >= 11 is 2.78. The van der Waals surface area contributed by atoms with Crippen molar-refractivity contribution in [1.82, 2.24) is 0 Å². The van der Waals surface area contributed by atoms with E-state index < -0.39 is 0 Å². The Kier molecular flexibility index (Phi) is 2.46. The molecule has 0 nitrogen and oxygen atoms in total. The van der Waals surface area contributed by atoms with Crippen molar-refractivity contribution in [3.63, 3.8) is 0 Å². The minimum atomic E-state index is -0.204. The van der Waals surface area contributed by atoms with E-state index in [1.807, 2.05) is 0 Å². The number of hydrogen-bond donors (Lipinski definition) is 0. The molecule has 0 N–H and O–H groups in total. The minimum absolute atomic E-state index is 0.204. The van der Waals surface area contributed by atoms with Crippen molar-refractivity contribution in [1.29, 1.82) is 0 Å². The zero-order valence-electron chi connectivity index (χ0n) is 2.83. The number of rotatable bonds is 0. The molecular formula is C3H4BrF. The second kappa shape index (κ2) is 2.39. The summed E-state index contributed by atoms with van der Waals surface area (Å²) in [7, 11) is 0. The maximum atomic E-state index is 11.2. The van der Waals surface area contributed by atoms with Crippen LogP contribution in [0.25, 0.3) is 0 Å². The van der Waals surface area contributed by atoms with Gasteiger partial charge in [-0.15, -0.1) is 0 Å². The number of halogens is 2. The van der Waals surface area contributed by atoms with E-state index in [4.69, 9.17) is 0 Å². The molecule has 0 aliphatic heterocycles. The summed E-state index contributed by atoms with van der Waals surface area (Å²) in [4.78, 5) is 1.23. The average Bonchev–Trinajstić information content (AvgIpc) is 1.38. The quantitative estimate of drug-likeness (QED) is 0.482. The van der Waals surface area contributed by atoms with E-state index in [0.717, 1.165) is 0 Å². The molecule has 0 aliphatic rings. The Morgan fingerprint density at radius 2 is 2.20 bits per heavy atom. The first kappa shape index (κ1) is 5.15. The summed E-state index contributed by atoms with van der Waals surface area (Å²) in [6.45, 7) is 1.37. The van der Waals surface area contributed by atoms with E-state index in [1.54, 1.807) is 0 Å². The van der Waals surface area contributed by atoms with Gasteiger partial charge in [0.1, 0.15) is 5.83 Å². The van der Waals surface area contributed by atoms with Gasteiger partial charge in [-0.3, -0.25) is 0 Å². The summed E-state index contributed by atoms with van der Waals surface area (Å²) in [5, 5.41) is 0. The van der Waals surface area contributed by atoms with Crippen LogP contribution in [0.1, 0.15) is 6.92 Å². The van der Waals surface area contributed by atoms with Crippen LogP contribution < -0.4 is 0 Å². The van der Waals surface area contributed by atoms with Crippen LogP contribution in [0.5, 0.6) is 0 Å². The third-order valence-corrected chi connectivity index (χ3v) is 0.781.